The Morgan fingerprint density at radius 1 is 1.06 bits per heavy atom. The summed E-state index contributed by atoms with van der Waals surface area (Å²) >= 11 is 0. The first-order chi connectivity index (χ1) is 17.2. The minimum absolute atomic E-state index is 0.0331. The quantitative estimate of drug-likeness (QED) is 0.402. The number of nitrogens with zero attached hydrogens (tertiary/aromatic N) is 3. The smallest absolute Gasteiger partial charge is 0.243 e. The van der Waals surface area contributed by atoms with Gasteiger partial charge in [-0.05, 0) is 61.0 Å². The van der Waals surface area contributed by atoms with Gasteiger partial charge in [-0.2, -0.15) is 9.29 Å². The summed E-state index contributed by atoms with van der Waals surface area (Å²) in [7, 11) is -5.75. The molecule has 0 saturated carbocycles. The molecule has 1 aliphatic heterocycles. The summed E-state index contributed by atoms with van der Waals surface area (Å²) < 4.78 is 70.0. The highest BCUT2D eigenvalue weighted by molar-refractivity contribution is 7.92. The molecule has 2 aromatic carbocycles. The number of sulfone groups is 1. The zero-order valence-electron chi connectivity index (χ0n) is 19.5. The molecule has 1 aromatic heterocycles. The lowest BCUT2D eigenvalue weighted by molar-refractivity contribution is 0.169. The maximum absolute atomic E-state index is 13.3. The summed E-state index contributed by atoms with van der Waals surface area (Å²) in [5.74, 6) is 0.185. The van der Waals surface area contributed by atoms with E-state index < -0.39 is 25.9 Å². The SMILES string of the molecule is COCCN(C1CCS(=O)(=O)C1)S(=O)(=O)c1ccc(Nc2nccc(Nc3ccc(F)cc3)n2)cc1. The maximum Gasteiger partial charge on any atom is 0.243 e. The fourth-order valence-corrected chi connectivity index (χ4v) is 7.29. The summed E-state index contributed by atoms with van der Waals surface area (Å²) in [5.41, 5.74) is 1.21. The first-order valence-corrected chi connectivity index (χ1v) is 14.4. The summed E-state index contributed by atoms with van der Waals surface area (Å²) in [4.78, 5) is 8.57. The number of hydrogen-bond donors (Lipinski definition) is 2. The van der Waals surface area contributed by atoms with E-state index in [4.69, 9.17) is 4.74 Å². The molecule has 10 nitrogen and oxygen atoms in total. The molecule has 0 bridgehead atoms. The second kappa shape index (κ2) is 10.9. The van der Waals surface area contributed by atoms with Gasteiger partial charge in [-0.25, -0.2) is 26.2 Å². The Bertz CT molecular complexity index is 1400. The van der Waals surface area contributed by atoms with Gasteiger partial charge in [0.05, 0.1) is 23.0 Å². The van der Waals surface area contributed by atoms with E-state index in [0.29, 0.717) is 17.2 Å². The van der Waals surface area contributed by atoms with Crippen LogP contribution in [0.15, 0.2) is 65.7 Å². The van der Waals surface area contributed by atoms with Gasteiger partial charge in [0, 0.05) is 37.3 Å². The van der Waals surface area contributed by atoms with Crippen LogP contribution in [0.2, 0.25) is 0 Å². The van der Waals surface area contributed by atoms with Crippen molar-refractivity contribution in [1.82, 2.24) is 14.3 Å². The molecule has 0 aliphatic carbocycles. The Morgan fingerprint density at radius 3 is 2.36 bits per heavy atom. The van der Waals surface area contributed by atoms with Crippen molar-refractivity contribution >= 4 is 43.0 Å². The van der Waals surface area contributed by atoms with E-state index >= 15 is 0 Å². The van der Waals surface area contributed by atoms with E-state index in [1.807, 2.05) is 0 Å². The van der Waals surface area contributed by atoms with Crippen LogP contribution in [0.25, 0.3) is 0 Å². The summed E-state index contributed by atoms with van der Waals surface area (Å²) in [6.45, 7) is 0.204. The average Bonchev–Trinajstić information content (AvgIpc) is 3.20. The molecule has 2 heterocycles. The predicted molar refractivity (Wildman–Crippen MR) is 134 cm³/mol. The summed E-state index contributed by atoms with van der Waals surface area (Å²) in [5, 5.41) is 6.07. The van der Waals surface area contributed by atoms with E-state index in [2.05, 4.69) is 20.6 Å². The van der Waals surface area contributed by atoms with Crippen molar-refractivity contribution in [3.63, 3.8) is 0 Å². The van der Waals surface area contributed by atoms with E-state index in [-0.39, 0.29) is 47.7 Å². The molecule has 1 atom stereocenters. The number of nitrogens with one attached hydrogen (secondary N) is 2. The zero-order chi connectivity index (χ0) is 25.8. The van der Waals surface area contributed by atoms with E-state index in [1.54, 1.807) is 36.5 Å². The van der Waals surface area contributed by atoms with Crippen molar-refractivity contribution < 1.29 is 26.0 Å². The van der Waals surface area contributed by atoms with Crippen LogP contribution in [-0.2, 0) is 24.6 Å². The van der Waals surface area contributed by atoms with E-state index in [0.717, 1.165) is 0 Å². The maximum atomic E-state index is 13.3. The Balaban J connectivity index is 1.48. The fourth-order valence-electron chi connectivity index (χ4n) is 3.83. The first-order valence-electron chi connectivity index (χ1n) is 11.1. The number of methoxy groups -OCH3 is 1. The van der Waals surface area contributed by atoms with Gasteiger partial charge in [-0.15, -0.1) is 0 Å². The molecule has 36 heavy (non-hydrogen) atoms. The third kappa shape index (κ3) is 6.35. The molecule has 1 unspecified atom stereocenters. The number of halogens is 1. The summed E-state index contributed by atoms with van der Waals surface area (Å²) in [6, 6.07) is 12.9. The van der Waals surface area contributed by atoms with Crippen LogP contribution in [0.1, 0.15) is 6.42 Å². The number of benzene rings is 2. The molecule has 1 saturated heterocycles. The number of ether oxygens (including phenoxy) is 1. The van der Waals surface area contributed by atoms with Gasteiger partial charge in [-0.3, -0.25) is 0 Å². The van der Waals surface area contributed by atoms with Crippen molar-refractivity contribution in [2.24, 2.45) is 0 Å². The monoisotopic (exact) mass is 535 g/mol. The van der Waals surface area contributed by atoms with Gasteiger partial charge in [-0.1, -0.05) is 0 Å². The minimum atomic E-state index is -3.95. The second-order valence-electron chi connectivity index (χ2n) is 8.21. The van der Waals surface area contributed by atoms with Crippen LogP contribution in [-0.4, -0.2) is 68.9 Å². The average molecular weight is 536 g/mol. The largest absolute Gasteiger partial charge is 0.383 e. The van der Waals surface area contributed by atoms with Crippen molar-refractivity contribution in [3.8, 4) is 0 Å². The van der Waals surface area contributed by atoms with Crippen molar-refractivity contribution in [2.75, 3.05) is 42.4 Å². The number of hydrogen-bond acceptors (Lipinski definition) is 9. The highest BCUT2D eigenvalue weighted by Gasteiger charge is 2.38. The van der Waals surface area contributed by atoms with Gasteiger partial charge in [0.2, 0.25) is 16.0 Å². The number of sulfonamides is 1. The lowest BCUT2D eigenvalue weighted by Crippen LogP contribution is -2.42. The fraction of sp³-hybridized carbons (Fsp3) is 0.304. The Hall–Kier alpha value is -3.13. The zero-order valence-corrected chi connectivity index (χ0v) is 21.1. The molecule has 0 spiro atoms. The van der Waals surface area contributed by atoms with Crippen LogP contribution in [0.3, 0.4) is 0 Å². The molecule has 0 amide bonds. The third-order valence-corrected chi connectivity index (χ3v) is 9.34. The van der Waals surface area contributed by atoms with Gasteiger partial charge in [0.1, 0.15) is 11.6 Å². The standard InChI is InChI=1S/C23H26FN5O5S2/c1-34-14-13-29(20-11-15-35(30,31)16-20)36(32,33)21-8-6-19(7-9-21)27-23-25-12-10-22(28-23)26-18-4-2-17(24)3-5-18/h2-10,12,20H,11,13-16H2,1H3,(H2,25,26,27,28). The lowest BCUT2D eigenvalue weighted by atomic mass is 10.3. The van der Waals surface area contributed by atoms with Crippen molar-refractivity contribution in [1.29, 1.82) is 0 Å². The molecule has 13 heteroatoms. The molecular weight excluding hydrogens is 509 g/mol. The molecule has 2 N–H and O–H groups in total. The Morgan fingerprint density at radius 2 is 1.72 bits per heavy atom. The Kier molecular flexibility index (Phi) is 7.83. The normalized spacial score (nSPS) is 17.2. The van der Waals surface area contributed by atoms with Gasteiger partial charge in [0.25, 0.3) is 0 Å². The van der Waals surface area contributed by atoms with Gasteiger partial charge in [0.15, 0.2) is 9.84 Å². The van der Waals surface area contributed by atoms with Crippen LogP contribution in [0.5, 0.6) is 0 Å². The Labute approximate surface area is 209 Å². The molecule has 3 aromatic rings. The minimum Gasteiger partial charge on any atom is -0.383 e. The molecule has 1 fully saturated rings. The highest BCUT2D eigenvalue weighted by atomic mass is 32.2. The third-order valence-electron chi connectivity index (χ3n) is 5.62. The number of anilines is 4. The van der Waals surface area contributed by atoms with E-state index in [1.165, 1.54) is 35.7 Å². The van der Waals surface area contributed by atoms with Crippen molar-refractivity contribution in [3.05, 3.63) is 66.6 Å². The molecule has 0 radical (unpaired) electrons. The van der Waals surface area contributed by atoms with E-state index in [9.17, 15) is 21.2 Å². The summed E-state index contributed by atoms with van der Waals surface area (Å²) in [6.07, 6.45) is 1.80. The van der Waals surface area contributed by atoms with Crippen LogP contribution < -0.4 is 10.6 Å². The number of aromatic nitrogens is 2. The van der Waals surface area contributed by atoms with Crippen LogP contribution in [0.4, 0.5) is 27.5 Å². The van der Waals surface area contributed by atoms with Crippen molar-refractivity contribution in [2.45, 2.75) is 17.4 Å². The highest BCUT2D eigenvalue weighted by Crippen LogP contribution is 2.26. The topological polar surface area (TPSA) is 131 Å². The second-order valence-corrected chi connectivity index (χ2v) is 12.3. The van der Waals surface area contributed by atoms with Gasteiger partial charge >= 0.3 is 0 Å². The molecule has 192 valence electrons. The number of rotatable bonds is 10. The molecule has 4 rings (SSSR count). The lowest BCUT2D eigenvalue weighted by Gasteiger charge is -2.27. The van der Waals surface area contributed by atoms with Crippen LogP contribution in [0, 0.1) is 5.82 Å². The first kappa shape index (κ1) is 25.9. The molecular formula is C23H26FN5O5S2. The van der Waals surface area contributed by atoms with Crippen LogP contribution >= 0.6 is 0 Å². The van der Waals surface area contributed by atoms with Gasteiger partial charge < -0.3 is 15.4 Å². The predicted octanol–water partition coefficient (Wildman–Crippen LogP) is 2.93. The molecule has 1 aliphatic rings.